The van der Waals surface area contributed by atoms with Crippen molar-refractivity contribution in [3.63, 3.8) is 0 Å². The monoisotopic (exact) mass is 239 g/mol. The van der Waals surface area contributed by atoms with Gasteiger partial charge in [-0.15, -0.1) is 0 Å². The predicted molar refractivity (Wildman–Crippen MR) is 58.9 cm³/mol. The molecule has 0 unspecified atom stereocenters. The maximum absolute atomic E-state index is 13.6. The number of halogens is 2. The van der Waals surface area contributed by atoms with Gasteiger partial charge in [-0.1, -0.05) is 6.07 Å². The van der Waals surface area contributed by atoms with Crippen molar-refractivity contribution in [1.29, 1.82) is 0 Å². The summed E-state index contributed by atoms with van der Waals surface area (Å²) in [5.74, 6) is -1.44. The van der Waals surface area contributed by atoms with Crippen LogP contribution in [0.15, 0.2) is 18.2 Å². The van der Waals surface area contributed by atoms with Crippen molar-refractivity contribution in [3.05, 3.63) is 35.5 Å². The fourth-order valence-electron chi connectivity index (χ4n) is 1.75. The highest BCUT2D eigenvalue weighted by molar-refractivity contribution is 5.77. The van der Waals surface area contributed by atoms with Crippen LogP contribution < -0.4 is 5.73 Å². The van der Waals surface area contributed by atoms with Crippen LogP contribution in [0.4, 0.5) is 14.6 Å². The van der Waals surface area contributed by atoms with E-state index in [4.69, 9.17) is 10.8 Å². The second kappa shape index (κ2) is 4.14. The molecular formula is C11H11F2N3O. The summed E-state index contributed by atoms with van der Waals surface area (Å²) < 4.78 is 28.4. The number of nitrogens with two attached hydrogens (primary N) is 1. The minimum Gasteiger partial charge on any atom is -0.382 e. The molecule has 0 aliphatic rings. The van der Waals surface area contributed by atoms with Crippen molar-refractivity contribution >= 4 is 5.82 Å². The quantitative estimate of drug-likeness (QED) is 0.837. The molecule has 0 bridgehead atoms. The largest absolute Gasteiger partial charge is 0.382 e. The summed E-state index contributed by atoms with van der Waals surface area (Å²) in [5, 5.41) is 12.8. The highest BCUT2D eigenvalue weighted by atomic mass is 19.1. The lowest BCUT2D eigenvalue weighted by Crippen LogP contribution is -2.01. The molecule has 0 saturated carbocycles. The summed E-state index contributed by atoms with van der Waals surface area (Å²) >= 11 is 0. The molecule has 6 heteroatoms. The van der Waals surface area contributed by atoms with E-state index in [1.54, 1.807) is 6.92 Å². The van der Waals surface area contributed by atoms with Gasteiger partial charge in [-0.25, -0.2) is 13.5 Å². The molecule has 0 spiro atoms. The molecule has 17 heavy (non-hydrogen) atoms. The maximum Gasteiger partial charge on any atom is 0.153 e. The van der Waals surface area contributed by atoms with Gasteiger partial charge in [0.1, 0.15) is 18.4 Å². The third kappa shape index (κ3) is 1.76. The summed E-state index contributed by atoms with van der Waals surface area (Å²) in [6.45, 7) is 1.19. The van der Waals surface area contributed by atoms with Crippen molar-refractivity contribution in [2.75, 3.05) is 5.73 Å². The van der Waals surface area contributed by atoms with Crippen LogP contribution in [0.25, 0.3) is 11.1 Å². The molecule has 0 aliphatic heterocycles. The third-order valence-corrected chi connectivity index (χ3v) is 2.58. The van der Waals surface area contributed by atoms with Gasteiger partial charge in [-0.05, 0) is 19.1 Å². The van der Waals surface area contributed by atoms with Gasteiger partial charge < -0.3 is 10.8 Å². The first-order chi connectivity index (χ1) is 8.06. The molecule has 0 radical (unpaired) electrons. The molecule has 2 rings (SSSR count). The van der Waals surface area contributed by atoms with Gasteiger partial charge in [-0.3, -0.25) is 0 Å². The number of hydrogen-bond donors (Lipinski definition) is 2. The van der Waals surface area contributed by atoms with Crippen LogP contribution in [0.1, 0.15) is 5.69 Å². The van der Waals surface area contributed by atoms with E-state index < -0.39 is 18.4 Å². The normalized spacial score (nSPS) is 10.8. The molecule has 3 N–H and O–H groups in total. The molecule has 1 heterocycles. The number of aliphatic hydroxyl groups is 1. The van der Waals surface area contributed by atoms with Crippen LogP contribution in [-0.2, 0) is 6.73 Å². The number of nitrogens with zero attached hydrogens (tertiary/aromatic N) is 2. The lowest BCUT2D eigenvalue weighted by Gasteiger charge is -2.05. The Hall–Kier alpha value is -1.95. The number of aliphatic hydroxyl groups excluding tert-OH is 1. The van der Waals surface area contributed by atoms with E-state index in [0.29, 0.717) is 5.69 Å². The van der Waals surface area contributed by atoms with E-state index in [9.17, 15) is 8.78 Å². The lowest BCUT2D eigenvalue weighted by molar-refractivity contribution is 0.193. The van der Waals surface area contributed by atoms with Gasteiger partial charge in [-0.2, -0.15) is 5.10 Å². The minimum absolute atomic E-state index is 0.0134. The Balaban J connectivity index is 2.73. The van der Waals surface area contributed by atoms with E-state index in [-0.39, 0.29) is 16.9 Å². The van der Waals surface area contributed by atoms with E-state index in [1.807, 2.05) is 0 Å². The van der Waals surface area contributed by atoms with Gasteiger partial charge in [0.2, 0.25) is 0 Å². The van der Waals surface area contributed by atoms with Crippen LogP contribution in [0, 0.1) is 18.6 Å². The Morgan fingerprint density at radius 2 is 1.88 bits per heavy atom. The zero-order valence-electron chi connectivity index (χ0n) is 9.11. The number of aromatic nitrogens is 2. The summed E-state index contributed by atoms with van der Waals surface area (Å²) in [6, 6.07) is 3.57. The van der Waals surface area contributed by atoms with E-state index in [1.165, 1.54) is 10.7 Å². The minimum atomic E-state index is -0.711. The van der Waals surface area contributed by atoms with Crippen LogP contribution >= 0.6 is 0 Å². The van der Waals surface area contributed by atoms with Crippen molar-refractivity contribution in [1.82, 2.24) is 9.78 Å². The fourth-order valence-corrected chi connectivity index (χ4v) is 1.75. The molecule has 4 nitrogen and oxygen atoms in total. The van der Waals surface area contributed by atoms with Gasteiger partial charge in [0.05, 0.1) is 11.1 Å². The average Bonchev–Trinajstić information content (AvgIpc) is 2.56. The summed E-state index contributed by atoms with van der Waals surface area (Å²) in [7, 11) is 0. The third-order valence-electron chi connectivity index (χ3n) is 2.58. The van der Waals surface area contributed by atoms with Crippen LogP contribution in [0.3, 0.4) is 0 Å². The van der Waals surface area contributed by atoms with Crippen molar-refractivity contribution in [2.24, 2.45) is 0 Å². The fraction of sp³-hybridized carbons (Fsp3) is 0.182. The predicted octanol–water partition coefficient (Wildman–Crippen LogP) is 1.67. The average molecular weight is 239 g/mol. The zero-order chi connectivity index (χ0) is 12.6. The Morgan fingerprint density at radius 1 is 1.29 bits per heavy atom. The topological polar surface area (TPSA) is 64.1 Å². The molecule has 90 valence electrons. The van der Waals surface area contributed by atoms with Gasteiger partial charge in [0.25, 0.3) is 0 Å². The molecular weight excluding hydrogens is 228 g/mol. The number of benzene rings is 1. The summed E-state index contributed by atoms with van der Waals surface area (Å²) in [4.78, 5) is 0. The standard InChI is InChI=1S/C11H11F2N3O/c1-6-9(11(14)15-16(6)5-17)10-7(12)3-2-4-8(10)13/h2-4,17H,5H2,1H3,(H2,14,15). The van der Waals surface area contributed by atoms with Crippen molar-refractivity contribution in [2.45, 2.75) is 13.7 Å². The summed E-state index contributed by atoms with van der Waals surface area (Å²) in [5.41, 5.74) is 5.98. The van der Waals surface area contributed by atoms with Crippen molar-refractivity contribution < 1.29 is 13.9 Å². The second-order valence-corrected chi connectivity index (χ2v) is 3.58. The number of hydrogen-bond acceptors (Lipinski definition) is 3. The van der Waals surface area contributed by atoms with Crippen LogP contribution in [0.5, 0.6) is 0 Å². The molecule has 0 saturated heterocycles. The molecule has 0 atom stereocenters. The van der Waals surface area contributed by atoms with Crippen molar-refractivity contribution in [3.8, 4) is 11.1 Å². The molecule has 1 aromatic heterocycles. The lowest BCUT2D eigenvalue weighted by atomic mass is 10.0. The first-order valence-electron chi connectivity index (χ1n) is 4.94. The second-order valence-electron chi connectivity index (χ2n) is 3.58. The molecule has 0 aliphatic carbocycles. The molecule has 1 aromatic carbocycles. The van der Waals surface area contributed by atoms with Crippen LogP contribution in [0.2, 0.25) is 0 Å². The Morgan fingerprint density at radius 3 is 2.35 bits per heavy atom. The van der Waals surface area contributed by atoms with Gasteiger partial charge >= 0.3 is 0 Å². The Labute approximate surface area is 96.3 Å². The van der Waals surface area contributed by atoms with E-state index in [0.717, 1.165) is 12.1 Å². The number of rotatable bonds is 2. The van der Waals surface area contributed by atoms with E-state index in [2.05, 4.69) is 5.10 Å². The highest BCUT2D eigenvalue weighted by Crippen LogP contribution is 2.32. The summed E-state index contributed by atoms with van der Waals surface area (Å²) in [6.07, 6.45) is 0. The zero-order valence-corrected chi connectivity index (χ0v) is 9.11. The Kier molecular flexibility index (Phi) is 2.81. The van der Waals surface area contributed by atoms with Gasteiger partial charge in [0, 0.05) is 5.69 Å². The molecule has 0 amide bonds. The smallest absolute Gasteiger partial charge is 0.153 e. The maximum atomic E-state index is 13.6. The molecule has 2 aromatic rings. The Bertz CT molecular complexity index is 546. The highest BCUT2D eigenvalue weighted by Gasteiger charge is 2.20. The first-order valence-corrected chi connectivity index (χ1v) is 4.94. The SMILES string of the molecule is Cc1c(-c2c(F)cccc2F)c(N)nn1CO. The van der Waals surface area contributed by atoms with Gasteiger partial charge in [0.15, 0.2) is 5.82 Å². The van der Waals surface area contributed by atoms with Crippen LogP contribution in [-0.4, -0.2) is 14.9 Å². The first kappa shape index (κ1) is 11.5. The molecule has 0 fully saturated rings. The number of nitrogen functional groups attached to an aromatic ring is 1. The van der Waals surface area contributed by atoms with E-state index >= 15 is 0 Å². The number of anilines is 1.